The molecule has 0 radical (unpaired) electrons. The molecule has 0 aliphatic heterocycles. The molecule has 0 bridgehead atoms. The second-order valence-electron chi connectivity index (χ2n) is 4.80. The van der Waals surface area contributed by atoms with E-state index in [1.807, 2.05) is 36.4 Å². The van der Waals surface area contributed by atoms with Gasteiger partial charge in [0, 0.05) is 28.7 Å². The van der Waals surface area contributed by atoms with Crippen molar-refractivity contribution in [2.24, 2.45) is 0 Å². The van der Waals surface area contributed by atoms with Gasteiger partial charge in [0.25, 0.3) is 9.05 Å². The van der Waals surface area contributed by atoms with Gasteiger partial charge in [-0.2, -0.15) is 0 Å². The van der Waals surface area contributed by atoms with Gasteiger partial charge in [0.15, 0.2) is 0 Å². The van der Waals surface area contributed by atoms with Crippen LogP contribution in [-0.4, -0.2) is 13.6 Å². The maximum absolute atomic E-state index is 11.2. The zero-order chi connectivity index (χ0) is 15.6. The summed E-state index contributed by atoms with van der Waals surface area (Å²) in [5.74, 6) is 0.709. The molecule has 3 rings (SSSR count). The van der Waals surface area contributed by atoms with Crippen molar-refractivity contribution in [1.29, 1.82) is 0 Å². The zero-order valence-corrected chi connectivity index (χ0v) is 13.0. The third-order valence-corrected chi connectivity index (χ3v) is 4.58. The average Bonchev–Trinajstić information content (AvgIpc) is 2.96. The Morgan fingerprint density at radius 2 is 1.68 bits per heavy atom. The van der Waals surface area contributed by atoms with Crippen LogP contribution in [0.15, 0.2) is 70.1 Å². The van der Waals surface area contributed by atoms with Gasteiger partial charge in [-0.3, -0.25) is 0 Å². The molecule has 0 aliphatic carbocycles. The van der Waals surface area contributed by atoms with Crippen molar-refractivity contribution >= 4 is 19.7 Å². The molecule has 22 heavy (non-hydrogen) atoms. The highest BCUT2D eigenvalue weighted by molar-refractivity contribution is 8.13. The normalized spacial score (nSPS) is 11.5. The minimum Gasteiger partial charge on any atom is -0.360 e. The summed E-state index contributed by atoms with van der Waals surface area (Å²) < 4.78 is 27.7. The molecule has 0 amide bonds. The van der Waals surface area contributed by atoms with Crippen LogP contribution in [0.3, 0.4) is 0 Å². The van der Waals surface area contributed by atoms with Gasteiger partial charge in [-0.15, -0.1) is 0 Å². The molecule has 4 nitrogen and oxygen atoms in total. The first-order valence-electron chi connectivity index (χ1n) is 6.57. The molecule has 0 spiro atoms. The first kappa shape index (κ1) is 14.8. The van der Waals surface area contributed by atoms with Crippen LogP contribution >= 0.6 is 10.7 Å². The quantitative estimate of drug-likeness (QED) is 0.680. The first-order valence-corrected chi connectivity index (χ1v) is 8.88. The molecule has 0 fully saturated rings. The summed E-state index contributed by atoms with van der Waals surface area (Å²) in [7, 11) is 1.60. The Balaban J connectivity index is 1.78. The fraction of sp³-hybridized carbons (Fsp3) is 0.0625. The van der Waals surface area contributed by atoms with Crippen molar-refractivity contribution in [3.63, 3.8) is 0 Å². The largest absolute Gasteiger partial charge is 0.360 e. The van der Waals surface area contributed by atoms with Gasteiger partial charge in [0.1, 0.15) is 11.5 Å². The molecule has 2 aromatic carbocycles. The molecule has 0 N–H and O–H groups in total. The Kier molecular flexibility index (Phi) is 4.00. The fourth-order valence-corrected chi connectivity index (χ4v) is 2.88. The summed E-state index contributed by atoms with van der Waals surface area (Å²) in [6.07, 6.45) is 0.530. The molecular weight excluding hydrogens is 322 g/mol. The Labute approximate surface area is 132 Å². The number of rotatable bonds is 4. The molecule has 0 atom stereocenters. The Morgan fingerprint density at radius 1 is 1.00 bits per heavy atom. The predicted octanol–water partition coefficient (Wildman–Crippen LogP) is 3.86. The number of hydrogen-bond acceptors (Lipinski definition) is 4. The van der Waals surface area contributed by atoms with Crippen molar-refractivity contribution in [3.8, 4) is 11.3 Å². The first-order chi connectivity index (χ1) is 10.5. The van der Waals surface area contributed by atoms with Gasteiger partial charge >= 0.3 is 0 Å². The number of aromatic nitrogens is 1. The van der Waals surface area contributed by atoms with Crippen LogP contribution < -0.4 is 0 Å². The SMILES string of the molecule is O=S(=O)(Cl)c1ccc(Cc2cc(-c3ccccc3)no2)cc1. The lowest BCUT2D eigenvalue weighted by Crippen LogP contribution is -1.92. The molecule has 0 saturated carbocycles. The maximum Gasteiger partial charge on any atom is 0.261 e. The zero-order valence-electron chi connectivity index (χ0n) is 11.4. The molecule has 1 heterocycles. The van der Waals surface area contributed by atoms with Gasteiger partial charge in [-0.25, -0.2) is 8.42 Å². The van der Waals surface area contributed by atoms with Crippen molar-refractivity contribution in [1.82, 2.24) is 5.16 Å². The molecule has 0 saturated heterocycles. The van der Waals surface area contributed by atoms with E-state index in [4.69, 9.17) is 15.2 Å². The van der Waals surface area contributed by atoms with E-state index in [0.29, 0.717) is 12.2 Å². The number of hydrogen-bond donors (Lipinski definition) is 0. The number of benzene rings is 2. The Bertz CT molecular complexity index is 871. The smallest absolute Gasteiger partial charge is 0.261 e. The molecular formula is C16H12ClNO3S. The summed E-state index contributed by atoms with van der Waals surface area (Å²) in [5.41, 5.74) is 2.68. The Hall–Kier alpha value is -2.11. The average molecular weight is 334 g/mol. The predicted molar refractivity (Wildman–Crippen MR) is 84.2 cm³/mol. The molecule has 0 unspecified atom stereocenters. The second-order valence-corrected chi connectivity index (χ2v) is 7.37. The minimum atomic E-state index is -3.69. The lowest BCUT2D eigenvalue weighted by molar-refractivity contribution is 0.391. The van der Waals surface area contributed by atoms with Crippen LogP contribution in [0.1, 0.15) is 11.3 Å². The molecule has 3 aromatic rings. The highest BCUT2D eigenvalue weighted by Gasteiger charge is 2.11. The molecule has 1 aromatic heterocycles. The number of halogens is 1. The third kappa shape index (κ3) is 3.37. The van der Waals surface area contributed by atoms with E-state index >= 15 is 0 Å². The molecule has 112 valence electrons. The van der Waals surface area contributed by atoms with Crippen molar-refractivity contribution in [2.45, 2.75) is 11.3 Å². The number of nitrogens with zero attached hydrogens (tertiary/aromatic N) is 1. The van der Waals surface area contributed by atoms with Crippen LogP contribution in [0.4, 0.5) is 0 Å². The maximum atomic E-state index is 11.2. The monoisotopic (exact) mass is 333 g/mol. The van der Waals surface area contributed by atoms with Crippen molar-refractivity contribution in [3.05, 3.63) is 72.0 Å². The summed E-state index contributed by atoms with van der Waals surface area (Å²) in [6.45, 7) is 0. The van der Waals surface area contributed by atoms with Crippen LogP contribution in [0.5, 0.6) is 0 Å². The van der Waals surface area contributed by atoms with Gasteiger partial charge in [0.2, 0.25) is 0 Å². The van der Waals surface area contributed by atoms with E-state index in [9.17, 15) is 8.42 Å². The topological polar surface area (TPSA) is 60.2 Å². The molecule has 6 heteroatoms. The van der Waals surface area contributed by atoms with E-state index in [2.05, 4.69) is 5.16 Å². The van der Waals surface area contributed by atoms with Crippen molar-refractivity contribution < 1.29 is 12.9 Å². The van der Waals surface area contributed by atoms with E-state index in [0.717, 1.165) is 16.8 Å². The van der Waals surface area contributed by atoms with Gasteiger partial charge in [-0.05, 0) is 17.7 Å². The van der Waals surface area contributed by atoms with Gasteiger partial charge < -0.3 is 4.52 Å². The standard InChI is InChI=1S/C16H12ClNO3S/c17-22(19,20)15-8-6-12(7-9-15)10-14-11-16(18-21-14)13-4-2-1-3-5-13/h1-9,11H,10H2. The summed E-state index contributed by atoms with van der Waals surface area (Å²) in [4.78, 5) is 0.0838. The minimum absolute atomic E-state index is 0.0838. The van der Waals surface area contributed by atoms with E-state index in [1.165, 1.54) is 12.1 Å². The highest BCUT2D eigenvalue weighted by atomic mass is 35.7. The van der Waals surface area contributed by atoms with Gasteiger partial charge in [-0.1, -0.05) is 47.6 Å². The summed E-state index contributed by atoms with van der Waals surface area (Å²) >= 11 is 0. The van der Waals surface area contributed by atoms with Crippen LogP contribution in [0.25, 0.3) is 11.3 Å². The van der Waals surface area contributed by atoms with Crippen molar-refractivity contribution in [2.75, 3.05) is 0 Å². The lowest BCUT2D eigenvalue weighted by Gasteiger charge is -1.99. The van der Waals surface area contributed by atoms with Crippen LogP contribution in [0, 0.1) is 0 Å². The lowest BCUT2D eigenvalue weighted by atomic mass is 10.1. The van der Waals surface area contributed by atoms with E-state index in [1.54, 1.807) is 12.1 Å². The van der Waals surface area contributed by atoms with E-state index in [-0.39, 0.29) is 4.90 Å². The van der Waals surface area contributed by atoms with Gasteiger partial charge in [0.05, 0.1) is 4.90 Å². The summed E-state index contributed by atoms with van der Waals surface area (Å²) in [6, 6.07) is 18.0. The molecule has 0 aliphatic rings. The third-order valence-electron chi connectivity index (χ3n) is 3.21. The summed E-state index contributed by atoms with van der Waals surface area (Å²) in [5, 5.41) is 4.05. The Morgan fingerprint density at radius 3 is 2.32 bits per heavy atom. The van der Waals surface area contributed by atoms with Crippen LogP contribution in [-0.2, 0) is 15.5 Å². The van der Waals surface area contributed by atoms with Crippen LogP contribution in [0.2, 0.25) is 0 Å². The fourth-order valence-electron chi connectivity index (χ4n) is 2.11. The second kappa shape index (κ2) is 5.94. The van der Waals surface area contributed by atoms with E-state index < -0.39 is 9.05 Å². The highest BCUT2D eigenvalue weighted by Crippen LogP contribution is 2.21.